The predicted molar refractivity (Wildman–Crippen MR) is 105 cm³/mol. The molecule has 3 rings (SSSR count). The molecule has 0 saturated heterocycles. The molecule has 24 heavy (non-hydrogen) atoms. The molecule has 2 aromatic rings. The van der Waals surface area contributed by atoms with Crippen LogP contribution in [0.5, 0.6) is 0 Å². The first-order valence-electron chi connectivity index (χ1n) is 8.36. The van der Waals surface area contributed by atoms with E-state index < -0.39 is 0 Å². The van der Waals surface area contributed by atoms with Crippen molar-refractivity contribution >= 4 is 29.2 Å². The van der Waals surface area contributed by atoms with E-state index in [1.54, 1.807) is 0 Å². The van der Waals surface area contributed by atoms with Crippen LogP contribution in [0, 0.1) is 41.5 Å². The third kappa shape index (κ3) is 1.81. The van der Waals surface area contributed by atoms with Gasteiger partial charge in [0.05, 0.1) is 31.9 Å². The summed E-state index contributed by atoms with van der Waals surface area (Å²) in [6.07, 6.45) is 0. The molecule has 0 radical (unpaired) electrons. The molecule has 0 aliphatic carbocycles. The van der Waals surface area contributed by atoms with Crippen molar-refractivity contribution in [1.29, 1.82) is 0 Å². The third-order valence-electron chi connectivity index (χ3n) is 5.94. The summed E-state index contributed by atoms with van der Waals surface area (Å²) in [6, 6.07) is 0. The summed E-state index contributed by atoms with van der Waals surface area (Å²) in [4.78, 5) is 8.91. The molecule has 1 aliphatic rings. The Morgan fingerprint density at radius 1 is 0.708 bits per heavy atom. The molecule has 0 unspecified atom stereocenters. The van der Waals surface area contributed by atoms with Gasteiger partial charge < -0.3 is 0 Å². The lowest BCUT2D eigenvalue weighted by atomic mass is 9.83. The quantitative estimate of drug-likeness (QED) is 0.515. The van der Waals surface area contributed by atoms with E-state index in [2.05, 4.69) is 62.8 Å². The minimum Gasteiger partial charge on any atom is -0.229 e. The maximum Gasteiger partial charge on any atom is 0.270 e. The number of fused-ring (bicyclic) bond motifs is 3. The first-order chi connectivity index (χ1) is 11.3. The highest BCUT2D eigenvalue weighted by atomic mass is 15.1. The SMILES string of the molecule is C=NC1=[N+](C)C(=NC)c2c1c(C)c(C)c1c(C)c(C)c(C)c(C)c21. The van der Waals surface area contributed by atoms with Gasteiger partial charge in [0.2, 0.25) is 0 Å². The van der Waals surface area contributed by atoms with Crippen LogP contribution in [-0.2, 0) is 0 Å². The fourth-order valence-electron chi connectivity index (χ4n) is 4.17. The second kappa shape index (κ2) is 5.37. The Hall–Kier alpha value is -2.29. The molecule has 0 bridgehead atoms. The van der Waals surface area contributed by atoms with Crippen molar-refractivity contribution in [3.8, 4) is 0 Å². The Bertz CT molecular complexity index is 989. The number of amidine groups is 2. The van der Waals surface area contributed by atoms with Gasteiger partial charge in [-0.15, -0.1) is 9.98 Å². The lowest BCUT2D eigenvalue weighted by Gasteiger charge is -2.20. The summed E-state index contributed by atoms with van der Waals surface area (Å²) in [5.41, 5.74) is 10.5. The van der Waals surface area contributed by atoms with Gasteiger partial charge in [0, 0.05) is 5.39 Å². The van der Waals surface area contributed by atoms with Gasteiger partial charge in [-0.2, -0.15) is 0 Å². The predicted octanol–water partition coefficient (Wildman–Crippen LogP) is 4.17. The summed E-state index contributed by atoms with van der Waals surface area (Å²) in [5.74, 6) is 1.88. The van der Waals surface area contributed by atoms with Gasteiger partial charge in [-0.25, -0.2) is 4.58 Å². The number of nitrogens with zero attached hydrogens (tertiary/aromatic N) is 3. The van der Waals surface area contributed by atoms with E-state index >= 15 is 0 Å². The van der Waals surface area contributed by atoms with Crippen molar-refractivity contribution < 1.29 is 4.58 Å². The van der Waals surface area contributed by atoms with Crippen LogP contribution in [0.4, 0.5) is 0 Å². The highest BCUT2D eigenvalue weighted by Crippen LogP contribution is 2.40. The lowest BCUT2D eigenvalue weighted by molar-refractivity contribution is -0.366. The monoisotopic (exact) mass is 320 g/mol. The van der Waals surface area contributed by atoms with Crippen LogP contribution in [0.15, 0.2) is 9.98 Å². The van der Waals surface area contributed by atoms with Crippen LogP contribution >= 0.6 is 0 Å². The number of benzene rings is 2. The first kappa shape index (κ1) is 16.6. The number of hydrogen-bond acceptors (Lipinski definition) is 2. The third-order valence-corrected chi connectivity index (χ3v) is 5.94. The molecule has 1 heterocycles. The summed E-state index contributed by atoms with van der Waals surface area (Å²) in [7, 11) is 3.88. The number of hydrogen-bond donors (Lipinski definition) is 0. The number of aliphatic imine (C=N–C) groups is 2. The van der Waals surface area contributed by atoms with Gasteiger partial charge >= 0.3 is 0 Å². The summed E-state index contributed by atoms with van der Waals surface area (Å²) < 4.78 is 2.06. The van der Waals surface area contributed by atoms with Gasteiger partial charge in [-0.1, -0.05) is 0 Å². The van der Waals surface area contributed by atoms with E-state index in [4.69, 9.17) is 0 Å². The largest absolute Gasteiger partial charge is 0.270 e. The zero-order chi connectivity index (χ0) is 17.9. The summed E-state index contributed by atoms with van der Waals surface area (Å²) in [6.45, 7) is 17.1. The van der Waals surface area contributed by atoms with E-state index in [9.17, 15) is 0 Å². The molecule has 0 N–H and O–H groups in total. The Morgan fingerprint density at radius 3 is 1.71 bits per heavy atom. The molecule has 3 heteroatoms. The smallest absolute Gasteiger partial charge is 0.229 e. The molecule has 0 spiro atoms. The molecule has 124 valence electrons. The van der Waals surface area contributed by atoms with Crippen LogP contribution in [0.25, 0.3) is 10.8 Å². The number of rotatable bonds is 0. The van der Waals surface area contributed by atoms with Gasteiger partial charge in [-0.3, -0.25) is 0 Å². The maximum atomic E-state index is 4.59. The van der Waals surface area contributed by atoms with Crippen molar-refractivity contribution in [2.75, 3.05) is 14.1 Å². The van der Waals surface area contributed by atoms with E-state index in [-0.39, 0.29) is 0 Å². The van der Waals surface area contributed by atoms with Crippen molar-refractivity contribution in [3.05, 3.63) is 44.5 Å². The standard InChI is InChI=1S/C21H26N3/c1-10-11(2)13(4)17-16(12(10)3)14(5)15(6)18-19(17)21(23-8)24(9)20(18)22-7/h7H2,1-6,8-9H3/q+1. The molecule has 2 aromatic carbocycles. The average Bonchev–Trinajstić information content (AvgIpc) is 2.85. The fourth-order valence-corrected chi connectivity index (χ4v) is 4.17. The van der Waals surface area contributed by atoms with Gasteiger partial charge in [0.1, 0.15) is 0 Å². The molecule has 0 aromatic heterocycles. The van der Waals surface area contributed by atoms with Crippen LogP contribution in [0.2, 0.25) is 0 Å². The summed E-state index contributed by atoms with van der Waals surface area (Å²) >= 11 is 0. The topological polar surface area (TPSA) is 27.7 Å². The van der Waals surface area contributed by atoms with Gasteiger partial charge in [0.25, 0.3) is 11.7 Å². The molecule has 0 fully saturated rings. The van der Waals surface area contributed by atoms with E-state index in [1.807, 2.05) is 14.1 Å². The van der Waals surface area contributed by atoms with Gasteiger partial charge in [-0.05, 0) is 80.3 Å². The number of aryl methyl sites for hydroxylation is 3. The van der Waals surface area contributed by atoms with Crippen LogP contribution in [-0.4, -0.2) is 37.1 Å². The zero-order valence-electron chi connectivity index (χ0n) is 16.0. The van der Waals surface area contributed by atoms with E-state index in [1.165, 1.54) is 55.3 Å². The fraction of sp³-hybridized carbons (Fsp3) is 0.381. The molecular weight excluding hydrogens is 294 g/mol. The highest BCUT2D eigenvalue weighted by molar-refractivity contribution is 6.23. The van der Waals surface area contributed by atoms with Crippen LogP contribution in [0.3, 0.4) is 0 Å². The van der Waals surface area contributed by atoms with Crippen LogP contribution in [0.1, 0.15) is 44.5 Å². The second-order valence-corrected chi connectivity index (χ2v) is 6.84. The molecular formula is C21H26N3+. The summed E-state index contributed by atoms with van der Waals surface area (Å²) in [5, 5.41) is 2.69. The molecule has 0 atom stereocenters. The minimum absolute atomic E-state index is 0.906. The molecule has 0 saturated carbocycles. The van der Waals surface area contributed by atoms with Crippen molar-refractivity contribution in [2.45, 2.75) is 41.5 Å². The minimum atomic E-state index is 0.906. The molecule has 1 aliphatic heterocycles. The highest BCUT2D eigenvalue weighted by Gasteiger charge is 2.36. The lowest BCUT2D eigenvalue weighted by Crippen LogP contribution is -2.16. The Balaban J connectivity index is 2.71. The van der Waals surface area contributed by atoms with E-state index in [0.29, 0.717) is 0 Å². The van der Waals surface area contributed by atoms with Crippen LogP contribution < -0.4 is 0 Å². The van der Waals surface area contributed by atoms with Crippen molar-refractivity contribution in [3.63, 3.8) is 0 Å². The normalized spacial score (nSPS) is 15.6. The van der Waals surface area contributed by atoms with Gasteiger partial charge in [0.15, 0.2) is 0 Å². The Kier molecular flexibility index (Phi) is 3.71. The zero-order valence-corrected chi connectivity index (χ0v) is 16.0. The maximum absolute atomic E-state index is 4.59. The Morgan fingerprint density at radius 2 is 1.21 bits per heavy atom. The Labute approximate surface area is 144 Å². The molecule has 3 nitrogen and oxygen atoms in total. The first-order valence-corrected chi connectivity index (χ1v) is 8.36. The average molecular weight is 320 g/mol. The van der Waals surface area contributed by atoms with E-state index in [0.717, 1.165) is 11.7 Å². The van der Waals surface area contributed by atoms with Crippen molar-refractivity contribution in [1.82, 2.24) is 0 Å². The molecule has 0 amide bonds. The second-order valence-electron chi connectivity index (χ2n) is 6.84. The van der Waals surface area contributed by atoms with Crippen molar-refractivity contribution in [2.24, 2.45) is 9.98 Å².